The largest absolute Gasteiger partial charge is 0.480 e. The Bertz CT molecular complexity index is 257. The molecule has 0 saturated carbocycles. The molecule has 5 heteroatoms. The number of ether oxygens (including phenoxy) is 1. The number of nitrogens with zero attached hydrogens (tertiary/aromatic N) is 2. The summed E-state index contributed by atoms with van der Waals surface area (Å²) in [6.07, 6.45) is 0. The lowest BCUT2D eigenvalue weighted by molar-refractivity contribution is 0.0689. The second kappa shape index (κ2) is 2.96. The molecule has 0 bridgehead atoms. The number of carboxylic acid groups (broad SMARTS) is 1. The fraction of sp³-hybridized carbons (Fsp3) is 0.167. The van der Waals surface area contributed by atoms with Crippen LogP contribution in [-0.4, -0.2) is 28.4 Å². The second-order valence-electron chi connectivity index (χ2n) is 1.77. The maximum atomic E-state index is 10.3. The van der Waals surface area contributed by atoms with E-state index in [0.717, 1.165) is 0 Å². The summed E-state index contributed by atoms with van der Waals surface area (Å²) in [5.41, 5.74) is -0.0919. The first-order chi connectivity index (χ1) is 5.24. The van der Waals surface area contributed by atoms with Crippen LogP contribution in [0.15, 0.2) is 12.1 Å². The van der Waals surface area contributed by atoms with Crippen LogP contribution in [0.5, 0.6) is 5.88 Å². The minimum absolute atomic E-state index is 0.0919. The standard InChI is InChI=1S/C6H6N2O3/c1-11-5-3-2-4(6(9)10)7-8-5/h2-3H,1H3,(H,9,10). The van der Waals surface area contributed by atoms with Gasteiger partial charge in [-0.1, -0.05) is 0 Å². The van der Waals surface area contributed by atoms with Crippen LogP contribution in [0.25, 0.3) is 0 Å². The molecule has 0 unspecified atom stereocenters. The highest BCUT2D eigenvalue weighted by Crippen LogP contribution is 2.02. The highest BCUT2D eigenvalue weighted by atomic mass is 16.5. The molecule has 1 aromatic rings. The summed E-state index contributed by atoms with van der Waals surface area (Å²) < 4.78 is 4.68. The van der Waals surface area contributed by atoms with E-state index in [-0.39, 0.29) is 5.69 Å². The molecule has 58 valence electrons. The van der Waals surface area contributed by atoms with Crippen LogP contribution in [-0.2, 0) is 0 Å². The average molecular weight is 154 g/mol. The van der Waals surface area contributed by atoms with E-state index in [0.29, 0.717) is 5.88 Å². The fourth-order valence-electron chi connectivity index (χ4n) is 0.543. The van der Waals surface area contributed by atoms with Crippen LogP contribution in [0.4, 0.5) is 0 Å². The predicted octanol–water partition coefficient (Wildman–Crippen LogP) is 0.183. The molecule has 1 heterocycles. The lowest BCUT2D eigenvalue weighted by Gasteiger charge is -1.95. The molecule has 11 heavy (non-hydrogen) atoms. The summed E-state index contributed by atoms with van der Waals surface area (Å²) in [5, 5.41) is 15.2. The maximum absolute atomic E-state index is 10.3. The summed E-state index contributed by atoms with van der Waals surface area (Å²) in [6.45, 7) is 0. The van der Waals surface area contributed by atoms with Gasteiger partial charge in [0.25, 0.3) is 0 Å². The van der Waals surface area contributed by atoms with Crippen molar-refractivity contribution in [2.45, 2.75) is 0 Å². The average Bonchev–Trinajstić information content (AvgIpc) is 2.05. The molecule has 5 nitrogen and oxygen atoms in total. The van der Waals surface area contributed by atoms with Gasteiger partial charge in [-0.25, -0.2) is 4.79 Å². The van der Waals surface area contributed by atoms with E-state index in [1.165, 1.54) is 19.2 Å². The minimum atomic E-state index is -1.10. The van der Waals surface area contributed by atoms with Crippen LogP contribution in [0.2, 0.25) is 0 Å². The lowest BCUT2D eigenvalue weighted by atomic mass is 10.4. The van der Waals surface area contributed by atoms with Gasteiger partial charge < -0.3 is 9.84 Å². The van der Waals surface area contributed by atoms with Gasteiger partial charge in [0.15, 0.2) is 5.69 Å². The lowest BCUT2D eigenvalue weighted by Crippen LogP contribution is -2.01. The van der Waals surface area contributed by atoms with Gasteiger partial charge in [0, 0.05) is 6.07 Å². The van der Waals surface area contributed by atoms with Crippen molar-refractivity contribution in [3.05, 3.63) is 17.8 Å². The molecule has 0 aromatic carbocycles. The second-order valence-corrected chi connectivity index (χ2v) is 1.77. The summed E-state index contributed by atoms with van der Waals surface area (Å²) in [7, 11) is 1.43. The Morgan fingerprint density at radius 1 is 1.55 bits per heavy atom. The molecular formula is C6H6N2O3. The number of aromatic carboxylic acids is 1. The Morgan fingerprint density at radius 2 is 2.27 bits per heavy atom. The van der Waals surface area contributed by atoms with Gasteiger partial charge in [0.05, 0.1) is 7.11 Å². The molecule has 0 saturated heterocycles. The quantitative estimate of drug-likeness (QED) is 0.657. The molecule has 0 atom stereocenters. The summed E-state index contributed by atoms with van der Waals surface area (Å²) in [5.74, 6) is -0.796. The SMILES string of the molecule is COc1ccc(C(=O)O)nn1. The van der Waals surface area contributed by atoms with Crippen molar-refractivity contribution in [3.63, 3.8) is 0 Å². The number of carboxylic acids is 1. The third kappa shape index (κ3) is 1.64. The molecule has 1 N–H and O–H groups in total. The Morgan fingerprint density at radius 3 is 2.64 bits per heavy atom. The monoisotopic (exact) mass is 154 g/mol. The predicted molar refractivity (Wildman–Crippen MR) is 35.5 cm³/mol. The normalized spacial score (nSPS) is 9.18. The van der Waals surface area contributed by atoms with Crippen LogP contribution >= 0.6 is 0 Å². The van der Waals surface area contributed by atoms with Gasteiger partial charge in [-0.15, -0.1) is 10.2 Å². The summed E-state index contributed by atoms with van der Waals surface area (Å²) >= 11 is 0. The smallest absolute Gasteiger partial charge is 0.356 e. The molecule has 0 aliphatic carbocycles. The first-order valence-electron chi connectivity index (χ1n) is 2.85. The van der Waals surface area contributed by atoms with Gasteiger partial charge >= 0.3 is 5.97 Å². The van der Waals surface area contributed by atoms with Crippen molar-refractivity contribution in [2.24, 2.45) is 0 Å². The first-order valence-corrected chi connectivity index (χ1v) is 2.85. The van der Waals surface area contributed by atoms with Crippen LogP contribution < -0.4 is 4.74 Å². The van der Waals surface area contributed by atoms with E-state index in [2.05, 4.69) is 14.9 Å². The Balaban J connectivity index is 2.91. The van der Waals surface area contributed by atoms with Gasteiger partial charge in [0.1, 0.15) is 0 Å². The number of hydrogen-bond donors (Lipinski definition) is 1. The van der Waals surface area contributed by atoms with Crippen molar-refractivity contribution in [1.29, 1.82) is 0 Å². The Labute approximate surface area is 62.6 Å². The third-order valence-corrected chi connectivity index (χ3v) is 1.07. The number of carbonyl (C=O) groups is 1. The molecule has 0 spiro atoms. The number of rotatable bonds is 2. The van der Waals surface area contributed by atoms with Crippen molar-refractivity contribution >= 4 is 5.97 Å². The highest BCUT2D eigenvalue weighted by molar-refractivity contribution is 5.84. The molecular weight excluding hydrogens is 148 g/mol. The first kappa shape index (κ1) is 7.46. The Kier molecular flexibility index (Phi) is 2.00. The molecule has 0 aliphatic rings. The van der Waals surface area contributed by atoms with Crippen LogP contribution in [0.3, 0.4) is 0 Å². The van der Waals surface area contributed by atoms with Crippen molar-refractivity contribution in [3.8, 4) is 5.88 Å². The molecule has 0 aliphatic heterocycles. The third-order valence-electron chi connectivity index (χ3n) is 1.07. The van der Waals surface area contributed by atoms with Crippen molar-refractivity contribution < 1.29 is 14.6 Å². The van der Waals surface area contributed by atoms with Crippen molar-refractivity contribution in [1.82, 2.24) is 10.2 Å². The van der Waals surface area contributed by atoms with E-state index in [9.17, 15) is 4.79 Å². The van der Waals surface area contributed by atoms with Gasteiger partial charge in [-0.3, -0.25) is 0 Å². The highest BCUT2D eigenvalue weighted by Gasteiger charge is 2.03. The van der Waals surface area contributed by atoms with Crippen LogP contribution in [0.1, 0.15) is 10.5 Å². The zero-order valence-corrected chi connectivity index (χ0v) is 5.81. The number of aromatic nitrogens is 2. The van der Waals surface area contributed by atoms with E-state index in [1.807, 2.05) is 0 Å². The van der Waals surface area contributed by atoms with Gasteiger partial charge in [0.2, 0.25) is 5.88 Å². The van der Waals surface area contributed by atoms with Gasteiger partial charge in [-0.2, -0.15) is 0 Å². The zero-order chi connectivity index (χ0) is 8.27. The van der Waals surface area contributed by atoms with Crippen molar-refractivity contribution in [2.75, 3.05) is 7.11 Å². The molecule has 1 aromatic heterocycles. The Hall–Kier alpha value is -1.65. The van der Waals surface area contributed by atoms with E-state index in [1.54, 1.807) is 0 Å². The summed E-state index contributed by atoms with van der Waals surface area (Å²) in [6, 6.07) is 2.77. The van der Waals surface area contributed by atoms with Gasteiger partial charge in [-0.05, 0) is 6.07 Å². The molecule has 0 radical (unpaired) electrons. The summed E-state index contributed by atoms with van der Waals surface area (Å²) in [4.78, 5) is 10.3. The van der Waals surface area contributed by atoms with E-state index < -0.39 is 5.97 Å². The van der Waals surface area contributed by atoms with E-state index in [4.69, 9.17) is 5.11 Å². The number of hydrogen-bond acceptors (Lipinski definition) is 4. The zero-order valence-electron chi connectivity index (χ0n) is 5.81. The molecule has 0 amide bonds. The maximum Gasteiger partial charge on any atom is 0.356 e. The molecule has 0 fully saturated rings. The minimum Gasteiger partial charge on any atom is -0.480 e. The fourth-order valence-corrected chi connectivity index (χ4v) is 0.543. The van der Waals surface area contributed by atoms with E-state index >= 15 is 0 Å². The topological polar surface area (TPSA) is 72.3 Å². The van der Waals surface area contributed by atoms with Crippen LogP contribution in [0, 0.1) is 0 Å². The number of methoxy groups -OCH3 is 1. The molecule has 1 rings (SSSR count).